The molecule has 0 aliphatic carbocycles. The first-order valence-electron chi connectivity index (χ1n) is 5.28. The van der Waals surface area contributed by atoms with E-state index in [2.05, 4.69) is 5.32 Å². The number of carbonyl (C=O) groups excluding carboxylic acids is 1. The van der Waals surface area contributed by atoms with Gasteiger partial charge in [0.05, 0.1) is 15.5 Å². The number of hydrogen-bond acceptors (Lipinski definition) is 3. The monoisotopic (exact) mass is 256 g/mol. The number of carbonyl (C=O) groups is 1. The molecule has 17 heavy (non-hydrogen) atoms. The molecule has 0 spiro atoms. The molecule has 0 bridgehead atoms. The van der Waals surface area contributed by atoms with Gasteiger partial charge in [-0.2, -0.15) is 0 Å². The van der Waals surface area contributed by atoms with Crippen molar-refractivity contribution in [3.63, 3.8) is 0 Å². The number of unbranched alkanes of at least 4 members (excludes halogenated alkanes) is 1. The Morgan fingerprint density at radius 1 is 1.53 bits per heavy atom. The number of halogens is 1. The summed E-state index contributed by atoms with van der Waals surface area (Å²) in [4.78, 5) is 21.7. The standard InChI is InChI=1S/C11H13ClN2O3/c1-2-3-6-13-11(15)9-7-8(14(16)17)4-5-10(9)12/h4-5,7H,2-3,6H2,1H3,(H,13,15). The molecule has 0 heterocycles. The fourth-order valence-electron chi connectivity index (χ4n) is 1.27. The fraction of sp³-hybridized carbons (Fsp3) is 0.364. The Bertz CT molecular complexity index is 435. The van der Waals surface area contributed by atoms with E-state index >= 15 is 0 Å². The number of nitro groups is 1. The second-order valence-electron chi connectivity index (χ2n) is 3.53. The van der Waals surface area contributed by atoms with Gasteiger partial charge in [-0.1, -0.05) is 24.9 Å². The molecule has 0 atom stereocenters. The van der Waals surface area contributed by atoms with Gasteiger partial charge < -0.3 is 5.32 Å². The van der Waals surface area contributed by atoms with Gasteiger partial charge in [-0.3, -0.25) is 14.9 Å². The van der Waals surface area contributed by atoms with Crippen LogP contribution in [0, 0.1) is 10.1 Å². The van der Waals surface area contributed by atoms with Gasteiger partial charge in [0, 0.05) is 18.7 Å². The van der Waals surface area contributed by atoms with Gasteiger partial charge in [0.2, 0.25) is 0 Å². The van der Waals surface area contributed by atoms with Crippen LogP contribution in [0.5, 0.6) is 0 Å². The SMILES string of the molecule is CCCCNC(=O)c1cc([N+](=O)[O-])ccc1Cl. The zero-order chi connectivity index (χ0) is 12.8. The molecule has 0 saturated carbocycles. The number of benzene rings is 1. The Balaban J connectivity index is 2.84. The maximum Gasteiger partial charge on any atom is 0.270 e. The first-order valence-corrected chi connectivity index (χ1v) is 5.66. The molecule has 0 aliphatic heterocycles. The van der Waals surface area contributed by atoms with Gasteiger partial charge >= 0.3 is 0 Å². The number of nitrogens with one attached hydrogen (secondary N) is 1. The smallest absolute Gasteiger partial charge is 0.270 e. The summed E-state index contributed by atoms with van der Waals surface area (Å²) in [5, 5.41) is 13.5. The molecule has 0 aromatic heterocycles. The molecule has 1 aromatic carbocycles. The van der Waals surface area contributed by atoms with Crippen molar-refractivity contribution in [2.45, 2.75) is 19.8 Å². The van der Waals surface area contributed by atoms with Crippen LogP contribution in [0.3, 0.4) is 0 Å². The van der Waals surface area contributed by atoms with E-state index in [9.17, 15) is 14.9 Å². The van der Waals surface area contributed by atoms with Crippen molar-refractivity contribution in [1.82, 2.24) is 5.32 Å². The second kappa shape index (κ2) is 6.20. The van der Waals surface area contributed by atoms with Gasteiger partial charge in [-0.25, -0.2) is 0 Å². The zero-order valence-electron chi connectivity index (χ0n) is 9.40. The highest BCUT2D eigenvalue weighted by Gasteiger charge is 2.15. The first kappa shape index (κ1) is 13.4. The third kappa shape index (κ3) is 3.71. The molecule has 0 unspecified atom stereocenters. The molecular weight excluding hydrogens is 244 g/mol. The molecule has 5 nitrogen and oxygen atoms in total. The van der Waals surface area contributed by atoms with Crippen molar-refractivity contribution in [2.75, 3.05) is 6.54 Å². The van der Waals surface area contributed by atoms with Crippen LogP contribution in [0.25, 0.3) is 0 Å². The van der Waals surface area contributed by atoms with E-state index < -0.39 is 4.92 Å². The summed E-state index contributed by atoms with van der Waals surface area (Å²) in [7, 11) is 0. The highest BCUT2D eigenvalue weighted by molar-refractivity contribution is 6.33. The molecule has 0 aliphatic rings. The van der Waals surface area contributed by atoms with Crippen LogP contribution in [0.1, 0.15) is 30.1 Å². The number of hydrogen-bond donors (Lipinski definition) is 1. The average Bonchev–Trinajstić information content (AvgIpc) is 2.29. The van der Waals surface area contributed by atoms with Gasteiger partial charge in [-0.15, -0.1) is 0 Å². The lowest BCUT2D eigenvalue weighted by Gasteiger charge is -2.05. The van der Waals surface area contributed by atoms with E-state index in [1.807, 2.05) is 6.92 Å². The molecule has 1 aromatic rings. The fourth-order valence-corrected chi connectivity index (χ4v) is 1.48. The van der Waals surface area contributed by atoms with Gasteiger partial charge in [0.1, 0.15) is 0 Å². The molecule has 0 radical (unpaired) electrons. The van der Waals surface area contributed by atoms with Crippen molar-refractivity contribution in [2.24, 2.45) is 0 Å². The van der Waals surface area contributed by atoms with Crippen LogP contribution < -0.4 is 5.32 Å². The first-order chi connectivity index (χ1) is 8.06. The number of non-ortho nitro benzene ring substituents is 1. The minimum Gasteiger partial charge on any atom is -0.352 e. The third-order valence-corrected chi connectivity index (χ3v) is 2.55. The summed E-state index contributed by atoms with van der Waals surface area (Å²) in [6.07, 6.45) is 1.82. The molecule has 6 heteroatoms. The van der Waals surface area contributed by atoms with Crippen molar-refractivity contribution in [1.29, 1.82) is 0 Å². The van der Waals surface area contributed by atoms with E-state index in [4.69, 9.17) is 11.6 Å². The van der Waals surface area contributed by atoms with E-state index in [0.29, 0.717) is 6.54 Å². The Morgan fingerprint density at radius 2 is 2.24 bits per heavy atom. The van der Waals surface area contributed by atoms with Crippen LogP contribution in [0.2, 0.25) is 5.02 Å². The number of nitro benzene ring substituents is 1. The van der Waals surface area contributed by atoms with Gasteiger partial charge in [0.25, 0.3) is 11.6 Å². The Hall–Kier alpha value is -1.62. The van der Waals surface area contributed by atoms with Crippen LogP contribution in [-0.2, 0) is 0 Å². The summed E-state index contributed by atoms with van der Waals surface area (Å²) >= 11 is 5.83. The summed E-state index contributed by atoms with van der Waals surface area (Å²) < 4.78 is 0. The summed E-state index contributed by atoms with van der Waals surface area (Å²) in [6, 6.07) is 3.81. The van der Waals surface area contributed by atoms with Crippen molar-refractivity contribution in [3.8, 4) is 0 Å². The quantitative estimate of drug-likeness (QED) is 0.500. The van der Waals surface area contributed by atoms with Crippen LogP contribution >= 0.6 is 11.6 Å². The van der Waals surface area contributed by atoms with E-state index in [1.165, 1.54) is 18.2 Å². The lowest BCUT2D eigenvalue weighted by Crippen LogP contribution is -2.24. The van der Waals surface area contributed by atoms with Crippen molar-refractivity contribution in [3.05, 3.63) is 38.9 Å². The molecular formula is C11H13ClN2O3. The van der Waals surface area contributed by atoms with Crippen LogP contribution in [0.15, 0.2) is 18.2 Å². The van der Waals surface area contributed by atoms with E-state index in [-0.39, 0.29) is 22.2 Å². The van der Waals surface area contributed by atoms with Crippen LogP contribution in [0.4, 0.5) is 5.69 Å². The lowest BCUT2D eigenvalue weighted by atomic mass is 10.2. The topological polar surface area (TPSA) is 72.2 Å². The Labute approximate surface area is 104 Å². The second-order valence-corrected chi connectivity index (χ2v) is 3.94. The van der Waals surface area contributed by atoms with Crippen LogP contribution in [-0.4, -0.2) is 17.4 Å². The number of rotatable bonds is 5. The minimum absolute atomic E-state index is 0.136. The summed E-state index contributed by atoms with van der Waals surface area (Å²) in [5.74, 6) is -0.382. The average molecular weight is 257 g/mol. The predicted molar refractivity (Wildman–Crippen MR) is 65.3 cm³/mol. The molecule has 0 saturated heterocycles. The maximum atomic E-state index is 11.7. The van der Waals surface area contributed by atoms with E-state index in [1.54, 1.807) is 0 Å². The summed E-state index contributed by atoms with van der Waals surface area (Å²) in [5.41, 5.74) is -0.00740. The minimum atomic E-state index is -0.556. The predicted octanol–water partition coefficient (Wildman–Crippen LogP) is 2.78. The van der Waals surface area contributed by atoms with Crippen molar-refractivity contribution < 1.29 is 9.72 Å². The highest BCUT2D eigenvalue weighted by Crippen LogP contribution is 2.21. The Kier molecular flexibility index (Phi) is 4.90. The summed E-state index contributed by atoms with van der Waals surface area (Å²) in [6.45, 7) is 2.54. The lowest BCUT2D eigenvalue weighted by molar-refractivity contribution is -0.384. The molecule has 1 rings (SSSR count). The Morgan fingerprint density at radius 3 is 2.82 bits per heavy atom. The van der Waals surface area contributed by atoms with E-state index in [0.717, 1.165) is 12.8 Å². The number of nitrogens with zero attached hydrogens (tertiary/aromatic N) is 1. The molecule has 0 fully saturated rings. The van der Waals surface area contributed by atoms with Gasteiger partial charge in [0.15, 0.2) is 0 Å². The normalized spacial score (nSPS) is 10.0. The van der Waals surface area contributed by atoms with Crippen molar-refractivity contribution >= 4 is 23.2 Å². The largest absolute Gasteiger partial charge is 0.352 e. The highest BCUT2D eigenvalue weighted by atomic mass is 35.5. The zero-order valence-corrected chi connectivity index (χ0v) is 10.2. The molecule has 1 N–H and O–H groups in total. The molecule has 92 valence electrons. The van der Waals surface area contributed by atoms with Gasteiger partial charge in [-0.05, 0) is 12.5 Å². The third-order valence-electron chi connectivity index (χ3n) is 2.22. The molecule has 1 amide bonds. The maximum absolute atomic E-state index is 11.7. The number of amides is 1.